The topological polar surface area (TPSA) is 9.23 Å². The summed E-state index contributed by atoms with van der Waals surface area (Å²) < 4.78 is 18.2. The minimum absolute atomic E-state index is 0.133. The van der Waals surface area contributed by atoms with Crippen molar-refractivity contribution in [1.82, 2.24) is 0 Å². The maximum absolute atomic E-state index is 13.3. The van der Waals surface area contributed by atoms with Gasteiger partial charge in [-0.05, 0) is 30.4 Å². The van der Waals surface area contributed by atoms with Gasteiger partial charge in [-0.3, -0.25) is 0 Å². The molecule has 2 rings (SSSR count). The Morgan fingerprint density at radius 3 is 2.18 bits per heavy atom. The molecule has 1 nitrogen and oxygen atoms in total. The predicted molar refractivity (Wildman–Crippen MR) is 71.8 cm³/mol. The summed E-state index contributed by atoms with van der Waals surface area (Å²) in [6.45, 7) is 8.36. The van der Waals surface area contributed by atoms with E-state index in [0.717, 1.165) is 5.56 Å². The van der Waals surface area contributed by atoms with Crippen molar-refractivity contribution >= 4 is 0 Å². The van der Waals surface area contributed by atoms with Crippen LogP contribution in [0.4, 0.5) is 4.39 Å². The van der Waals surface area contributed by atoms with Gasteiger partial charge in [-0.1, -0.05) is 39.8 Å². The monoisotopic (exact) mass is 240 g/mol. The van der Waals surface area contributed by atoms with Crippen LogP contribution in [0.5, 0.6) is 0 Å². The molecule has 1 aromatic rings. The van der Waals surface area contributed by atoms with Gasteiger partial charge >= 0.3 is 0 Å². The number of halogens is 1. The van der Waals surface area contributed by atoms with E-state index in [0.29, 0.717) is 18.1 Å². The molecule has 2 heteroatoms. The highest BCUT2D eigenvalue weighted by Crippen LogP contribution is 2.40. The molecular formula is C15H25FO. The van der Waals surface area contributed by atoms with Gasteiger partial charge in [-0.25, -0.2) is 4.39 Å². The van der Waals surface area contributed by atoms with Crippen LogP contribution < -0.4 is 0 Å². The lowest BCUT2D eigenvalue weighted by Crippen LogP contribution is -1.93. The molecule has 0 spiro atoms. The first kappa shape index (κ1) is 16.1. The van der Waals surface area contributed by atoms with Gasteiger partial charge in [0.2, 0.25) is 0 Å². The fraction of sp³-hybridized carbons (Fsp3) is 0.600. The highest BCUT2D eigenvalue weighted by atomic mass is 19.1. The van der Waals surface area contributed by atoms with Gasteiger partial charge < -0.3 is 4.74 Å². The molecule has 1 saturated carbocycles. The third kappa shape index (κ3) is 5.31. The highest BCUT2D eigenvalue weighted by molar-refractivity contribution is 5.29. The number of benzene rings is 1. The van der Waals surface area contributed by atoms with Gasteiger partial charge in [-0.2, -0.15) is 0 Å². The Morgan fingerprint density at radius 2 is 1.76 bits per heavy atom. The SMILES string of the molecule is CC.CC.COCc1ccc(C2CC2)cc1F. The Morgan fingerprint density at radius 1 is 1.18 bits per heavy atom. The van der Waals surface area contributed by atoms with Gasteiger partial charge in [0.05, 0.1) is 6.61 Å². The Kier molecular flexibility index (Phi) is 8.69. The van der Waals surface area contributed by atoms with Gasteiger partial charge in [0.15, 0.2) is 0 Å². The van der Waals surface area contributed by atoms with Gasteiger partial charge in [0.1, 0.15) is 5.82 Å². The zero-order chi connectivity index (χ0) is 13.3. The van der Waals surface area contributed by atoms with Crippen molar-refractivity contribution in [1.29, 1.82) is 0 Å². The molecule has 0 saturated heterocycles. The molecule has 98 valence electrons. The van der Waals surface area contributed by atoms with Crippen molar-refractivity contribution < 1.29 is 9.13 Å². The maximum Gasteiger partial charge on any atom is 0.129 e. The molecule has 0 amide bonds. The van der Waals surface area contributed by atoms with Crippen molar-refractivity contribution in [3.8, 4) is 0 Å². The lowest BCUT2D eigenvalue weighted by atomic mass is 10.1. The second-order valence-corrected chi connectivity index (χ2v) is 3.56. The molecule has 0 aromatic heterocycles. The van der Waals surface area contributed by atoms with Crippen molar-refractivity contribution in [3.05, 3.63) is 35.1 Å². The standard InChI is InChI=1S/C11H13FO.2C2H6/c1-13-7-10-5-4-9(6-11(10)12)8-2-3-8;2*1-2/h4-6,8H,2-3,7H2,1H3;2*1-2H3. The van der Waals surface area contributed by atoms with Gasteiger partial charge in [0, 0.05) is 12.7 Å². The van der Waals surface area contributed by atoms with E-state index in [4.69, 9.17) is 4.74 Å². The summed E-state index contributed by atoms with van der Waals surface area (Å²) in [4.78, 5) is 0. The van der Waals surface area contributed by atoms with E-state index >= 15 is 0 Å². The first-order valence-corrected chi connectivity index (χ1v) is 6.58. The van der Waals surface area contributed by atoms with Crippen molar-refractivity contribution in [3.63, 3.8) is 0 Å². The molecular weight excluding hydrogens is 215 g/mol. The Labute approximate surface area is 105 Å². The molecule has 0 N–H and O–H groups in total. The van der Waals surface area contributed by atoms with E-state index in [1.165, 1.54) is 12.8 Å². The Hall–Kier alpha value is -0.890. The molecule has 0 heterocycles. The van der Waals surface area contributed by atoms with E-state index in [1.54, 1.807) is 13.2 Å². The number of ether oxygens (including phenoxy) is 1. The van der Waals surface area contributed by atoms with Crippen molar-refractivity contribution in [2.45, 2.75) is 53.1 Å². The van der Waals surface area contributed by atoms with Crippen LogP contribution in [-0.2, 0) is 11.3 Å². The summed E-state index contributed by atoms with van der Waals surface area (Å²) >= 11 is 0. The third-order valence-electron chi connectivity index (χ3n) is 2.43. The molecule has 0 unspecified atom stereocenters. The van der Waals surface area contributed by atoms with Gasteiger partial charge in [-0.15, -0.1) is 0 Å². The molecule has 0 aliphatic heterocycles. The zero-order valence-corrected chi connectivity index (χ0v) is 11.7. The predicted octanol–water partition coefficient (Wildman–Crippen LogP) is 4.90. The van der Waals surface area contributed by atoms with Crippen molar-refractivity contribution in [2.75, 3.05) is 7.11 Å². The number of methoxy groups -OCH3 is 1. The van der Waals surface area contributed by atoms with Crippen LogP contribution in [0.3, 0.4) is 0 Å². The van der Waals surface area contributed by atoms with E-state index in [2.05, 4.69) is 0 Å². The average molecular weight is 240 g/mol. The highest BCUT2D eigenvalue weighted by Gasteiger charge is 2.23. The molecule has 0 bridgehead atoms. The molecule has 1 fully saturated rings. The number of rotatable bonds is 3. The Bertz CT molecular complexity index is 306. The fourth-order valence-corrected chi connectivity index (χ4v) is 1.51. The molecule has 0 radical (unpaired) electrons. The van der Waals surface area contributed by atoms with E-state index in [1.807, 2.05) is 39.8 Å². The number of hydrogen-bond donors (Lipinski definition) is 0. The molecule has 1 aliphatic rings. The van der Waals surface area contributed by atoms with Crippen LogP contribution in [-0.4, -0.2) is 7.11 Å². The van der Waals surface area contributed by atoms with Crippen LogP contribution in [0.15, 0.2) is 18.2 Å². The van der Waals surface area contributed by atoms with Crippen LogP contribution >= 0.6 is 0 Å². The number of hydrogen-bond acceptors (Lipinski definition) is 1. The quantitative estimate of drug-likeness (QED) is 0.730. The fourth-order valence-electron chi connectivity index (χ4n) is 1.51. The molecule has 1 aliphatic carbocycles. The first-order valence-electron chi connectivity index (χ1n) is 6.58. The zero-order valence-electron chi connectivity index (χ0n) is 11.7. The smallest absolute Gasteiger partial charge is 0.129 e. The van der Waals surface area contributed by atoms with Crippen LogP contribution in [0.2, 0.25) is 0 Å². The largest absolute Gasteiger partial charge is 0.380 e. The molecule has 17 heavy (non-hydrogen) atoms. The summed E-state index contributed by atoms with van der Waals surface area (Å²) in [6.07, 6.45) is 2.42. The van der Waals surface area contributed by atoms with E-state index < -0.39 is 0 Å². The average Bonchev–Trinajstić information content (AvgIpc) is 3.21. The minimum atomic E-state index is -0.133. The maximum atomic E-state index is 13.3. The van der Waals surface area contributed by atoms with Crippen molar-refractivity contribution in [2.24, 2.45) is 0 Å². The van der Waals surface area contributed by atoms with Gasteiger partial charge in [0.25, 0.3) is 0 Å². The lowest BCUT2D eigenvalue weighted by molar-refractivity contribution is 0.181. The summed E-state index contributed by atoms with van der Waals surface area (Å²) in [6, 6.07) is 5.48. The minimum Gasteiger partial charge on any atom is -0.380 e. The third-order valence-corrected chi connectivity index (χ3v) is 2.43. The first-order chi connectivity index (χ1) is 8.31. The summed E-state index contributed by atoms with van der Waals surface area (Å²) in [7, 11) is 1.58. The summed E-state index contributed by atoms with van der Waals surface area (Å²) in [5, 5.41) is 0. The van der Waals surface area contributed by atoms with Crippen LogP contribution in [0, 0.1) is 5.82 Å². The lowest BCUT2D eigenvalue weighted by Gasteiger charge is -2.03. The summed E-state index contributed by atoms with van der Waals surface area (Å²) in [5.41, 5.74) is 1.78. The molecule has 0 atom stereocenters. The van der Waals surface area contributed by atoms with Crippen LogP contribution in [0.1, 0.15) is 57.6 Å². The second kappa shape index (κ2) is 9.17. The van der Waals surface area contributed by atoms with Crippen LogP contribution in [0.25, 0.3) is 0 Å². The molecule has 1 aromatic carbocycles. The normalized spacial score (nSPS) is 13.1. The van der Waals surface area contributed by atoms with E-state index in [-0.39, 0.29) is 5.82 Å². The second-order valence-electron chi connectivity index (χ2n) is 3.56. The Balaban J connectivity index is 0.000000581. The van der Waals surface area contributed by atoms with E-state index in [9.17, 15) is 4.39 Å². The summed E-state index contributed by atoms with van der Waals surface area (Å²) in [5.74, 6) is 0.484.